The Morgan fingerprint density at radius 2 is 1.90 bits per heavy atom. The average Bonchev–Trinajstić information content (AvgIpc) is 2.92. The predicted molar refractivity (Wildman–Crippen MR) is 114 cm³/mol. The fraction of sp³-hybridized carbons (Fsp3) is 0.545. The molecule has 1 aliphatic carbocycles. The Morgan fingerprint density at radius 3 is 2.62 bits per heavy atom. The highest BCUT2D eigenvalue weighted by atomic mass is 35.5. The number of methoxy groups -OCH3 is 1. The number of hydrogen-bond donors (Lipinski definition) is 1. The van der Waals surface area contributed by atoms with Crippen LogP contribution < -0.4 is 9.64 Å². The second kappa shape index (κ2) is 8.86. The molecule has 2 aromatic rings. The number of rotatable bonds is 4. The Hall–Kier alpha value is -1.89. The van der Waals surface area contributed by atoms with E-state index in [9.17, 15) is 5.11 Å². The topological polar surface area (TPSA) is 61.7 Å². The molecule has 0 bridgehead atoms. The SMILES string of the molecule is COc1ccc(CN2CCN([C@@H]3CCCC[C@H]3O)c3nnc(Cl)c(C)c3C2)cc1. The number of aliphatic hydroxyl groups is 1. The minimum Gasteiger partial charge on any atom is -0.497 e. The van der Waals surface area contributed by atoms with Crippen molar-refractivity contribution in [1.29, 1.82) is 0 Å². The van der Waals surface area contributed by atoms with Crippen molar-refractivity contribution >= 4 is 17.4 Å². The highest BCUT2D eigenvalue weighted by Crippen LogP contribution is 2.34. The van der Waals surface area contributed by atoms with Gasteiger partial charge in [0, 0.05) is 31.7 Å². The lowest BCUT2D eigenvalue weighted by Gasteiger charge is -2.38. The highest BCUT2D eigenvalue weighted by Gasteiger charge is 2.34. The van der Waals surface area contributed by atoms with E-state index in [0.717, 1.165) is 74.6 Å². The van der Waals surface area contributed by atoms with Crippen LogP contribution in [0.2, 0.25) is 5.15 Å². The number of halogens is 1. The summed E-state index contributed by atoms with van der Waals surface area (Å²) in [7, 11) is 1.68. The van der Waals surface area contributed by atoms with Gasteiger partial charge in [-0.25, -0.2) is 0 Å². The minimum atomic E-state index is -0.317. The van der Waals surface area contributed by atoms with Gasteiger partial charge in [-0.05, 0) is 43.0 Å². The van der Waals surface area contributed by atoms with Crippen LogP contribution in [0.5, 0.6) is 5.75 Å². The molecule has 0 radical (unpaired) electrons. The molecule has 2 atom stereocenters. The molecule has 2 heterocycles. The van der Waals surface area contributed by atoms with Crippen molar-refractivity contribution < 1.29 is 9.84 Å². The van der Waals surface area contributed by atoms with Gasteiger partial charge in [-0.3, -0.25) is 4.90 Å². The molecule has 1 aromatic carbocycles. The maximum atomic E-state index is 10.7. The van der Waals surface area contributed by atoms with Crippen molar-refractivity contribution in [2.45, 2.75) is 57.8 Å². The Labute approximate surface area is 177 Å². The van der Waals surface area contributed by atoms with E-state index in [2.05, 4.69) is 32.1 Å². The second-order valence-electron chi connectivity index (χ2n) is 8.09. The molecule has 6 nitrogen and oxygen atoms in total. The summed E-state index contributed by atoms with van der Waals surface area (Å²) in [6, 6.07) is 8.31. The van der Waals surface area contributed by atoms with E-state index in [1.807, 2.05) is 19.1 Å². The van der Waals surface area contributed by atoms with Crippen LogP contribution in [0.25, 0.3) is 0 Å². The molecule has 1 saturated carbocycles. The predicted octanol–water partition coefficient (Wildman–Crippen LogP) is 3.57. The minimum absolute atomic E-state index is 0.0957. The molecule has 1 fully saturated rings. The molecule has 0 amide bonds. The molecule has 7 heteroatoms. The number of aliphatic hydroxyl groups excluding tert-OH is 1. The molecule has 1 aromatic heterocycles. The lowest BCUT2D eigenvalue weighted by Crippen LogP contribution is -2.48. The quantitative estimate of drug-likeness (QED) is 0.822. The molecule has 2 aliphatic rings. The third-order valence-corrected chi connectivity index (χ3v) is 6.59. The zero-order valence-corrected chi connectivity index (χ0v) is 17.9. The van der Waals surface area contributed by atoms with E-state index in [0.29, 0.717) is 5.15 Å². The van der Waals surface area contributed by atoms with Gasteiger partial charge in [-0.2, -0.15) is 0 Å². The third-order valence-electron chi connectivity index (χ3n) is 6.23. The van der Waals surface area contributed by atoms with Gasteiger partial charge in [0.25, 0.3) is 0 Å². The van der Waals surface area contributed by atoms with Crippen LogP contribution in [-0.4, -0.2) is 52.5 Å². The number of ether oxygens (including phenoxy) is 1. The van der Waals surface area contributed by atoms with E-state index in [1.54, 1.807) is 7.11 Å². The first kappa shape index (κ1) is 20.4. The van der Waals surface area contributed by atoms with Crippen molar-refractivity contribution in [2.24, 2.45) is 0 Å². The number of fused-ring (bicyclic) bond motifs is 1. The van der Waals surface area contributed by atoms with Gasteiger partial charge < -0.3 is 14.7 Å². The maximum absolute atomic E-state index is 10.7. The van der Waals surface area contributed by atoms with Gasteiger partial charge in [0.2, 0.25) is 0 Å². The number of hydrogen-bond acceptors (Lipinski definition) is 6. The fourth-order valence-corrected chi connectivity index (χ4v) is 4.65. The molecular formula is C22H29ClN4O2. The lowest BCUT2D eigenvalue weighted by molar-refractivity contribution is 0.103. The molecule has 1 N–H and O–H groups in total. The Morgan fingerprint density at radius 1 is 1.14 bits per heavy atom. The molecule has 4 rings (SSSR count). The van der Waals surface area contributed by atoms with Gasteiger partial charge in [0.1, 0.15) is 5.75 Å². The van der Waals surface area contributed by atoms with Crippen LogP contribution in [-0.2, 0) is 13.1 Å². The Bertz CT molecular complexity index is 845. The van der Waals surface area contributed by atoms with E-state index in [-0.39, 0.29) is 12.1 Å². The highest BCUT2D eigenvalue weighted by molar-refractivity contribution is 6.30. The maximum Gasteiger partial charge on any atom is 0.156 e. The second-order valence-corrected chi connectivity index (χ2v) is 8.45. The summed E-state index contributed by atoms with van der Waals surface area (Å²) in [4.78, 5) is 4.70. The third kappa shape index (κ3) is 4.34. The summed E-state index contributed by atoms with van der Waals surface area (Å²) in [6.07, 6.45) is 3.76. The Balaban J connectivity index is 1.62. The van der Waals surface area contributed by atoms with Gasteiger partial charge >= 0.3 is 0 Å². The van der Waals surface area contributed by atoms with Crippen LogP contribution in [0.4, 0.5) is 5.82 Å². The summed E-state index contributed by atoms with van der Waals surface area (Å²) in [6.45, 7) is 5.33. The summed E-state index contributed by atoms with van der Waals surface area (Å²) >= 11 is 6.33. The first-order valence-electron chi connectivity index (χ1n) is 10.4. The van der Waals surface area contributed by atoms with Crippen molar-refractivity contribution in [3.05, 3.63) is 46.1 Å². The molecule has 0 saturated heterocycles. The van der Waals surface area contributed by atoms with Crippen molar-refractivity contribution in [2.75, 3.05) is 25.1 Å². The van der Waals surface area contributed by atoms with E-state index < -0.39 is 0 Å². The number of anilines is 1. The van der Waals surface area contributed by atoms with E-state index in [4.69, 9.17) is 16.3 Å². The summed E-state index contributed by atoms with van der Waals surface area (Å²) < 4.78 is 5.27. The molecule has 29 heavy (non-hydrogen) atoms. The molecule has 1 aliphatic heterocycles. The van der Waals surface area contributed by atoms with Gasteiger partial charge in [-0.1, -0.05) is 36.6 Å². The fourth-order valence-electron chi connectivity index (χ4n) is 4.50. The molecule has 156 valence electrons. The molecular weight excluding hydrogens is 388 g/mol. The van der Waals surface area contributed by atoms with Gasteiger partial charge in [0.05, 0.1) is 19.3 Å². The van der Waals surface area contributed by atoms with Crippen molar-refractivity contribution in [1.82, 2.24) is 15.1 Å². The Kier molecular flexibility index (Phi) is 6.23. The van der Waals surface area contributed by atoms with Gasteiger partial charge in [-0.15, -0.1) is 10.2 Å². The first-order chi connectivity index (χ1) is 14.1. The first-order valence-corrected chi connectivity index (χ1v) is 10.8. The number of aromatic nitrogens is 2. The zero-order valence-electron chi connectivity index (χ0n) is 17.1. The van der Waals surface area contributed by atoms with E-state index in [1.165, 1.54) is 5.56 Å². The monoisotopic (exact) mass is 416 g/mol. The summed E-state index contributed by atoms with van der Waals surface area (Å²) in [5, 5.41) is 19.8. The summed E-state index contributed by atoms with van der Waals surface area (Å²) in [5.74, 6) is 1.75. The summed E-state index contributed by atoms with van der Waals surface area (Å²) in [5.41, 5.74) is 3.34. The van der Waals surface area contributed by atoms with Gasteiger partial charge in [0.15, 0.2) is 11.0 Å². The van der Waals surface area contributed by atoms with Crippen LogP contribution >= 0.6 is 11.6 Å². The zero-order chi connectivity index (χ0) is 20.4. The normalized spacial score (nSPS) is 22.8. The van der Waals surface area contributed by atoms with Crippen LogP contribution in [0.3, 0.4) is 0 Å². The standard InChI is InChI=1S/C22H29ClN4O2/c1-15-18-14-26(13-16-7-9-17(29-2)10-8-16)11-12-27(22(18)25-24-21(15)23)19-5-3-4-6-20(19)28/h7-10,19-20,28H,3-6,11-14H2,1-2H3/t19-,20-/m1/s1. The lowest BCUT2D eigenvalue weighted by atomic mass is 9.91. The average molecular weight is 417 g/mol. The molecule has 0 spiro atoms. The van der Waals surface area contributed by atoms with Crippen LogP contribution in [0, 0.1) is 6.92 Å². The van der Waals surface area contributed by atoms with Crippen molar-refractivity contribution in [3.63, 3.8) is 0 Å². The van der Waals surface area contributed by atoms with E-state index >= 15 is 0 Å². The number of benzene rings is 1. The smallest absolute Gasteiger partial charge is 0.156 e. The molecule has 0 unspecified atom stereocenters. The van der Waals surface area contributed by atoms with Crippen LogP contribution in [0.15, 0.2) is 24.3 Å². The van der Waals surface area contributed by atoms with Crippen LogP contribution in [0.1, 0.15) is 42.4 Å². The largest absolute Gasteiger partial charge is 0.497 e. The van der Waals surface area contributed by atoms with Crippen molar-refractivity contribution in [3.8, 4) is 5.75 Å². The number of nitrogens with zero attached hydrogens (tertiary/aromatic N) is 4.